The summed E-state index contributed by atoms with van der Waals surface area (Å²) < 4.78 is 7.09. The normalized spacial score (nSPS) is 22.0. The number of ether oxygens (including phenoxy) is 1. The molecule has 25 heavy (non-hydrogen) atoms. The molecule has 0 aromatic carbocycles. The number of nitrogens with one attached hydrogen (secondary N) is 1. The maximum absolute atomic E-state index is 12.3. The molecule has 1 aromatic rings. The monoisotopic (exact) mass is 349 g/mol. The molecule has 8 heteroatoms. The van der Waals surface area contributed by atoms with Gasteiger partial charge in [0.05, 0.1) is 19.3 Å². The average molecular weight is 349 g/mol. The molecule has 3 heterocycles. The average Bonchev–Trinajstić information content (AvgIpc) is 3.21. The van der Waals surface area contributed by atoms with Crippen LogP contribution in [-0.2, 0) is 9.53 Å². The highest BCUT2D eigenvalue weighted by Crippen LogP contribution is 2.12. The molecule has 2 saturated heterocycles. The van der Waals surface area contributed by atoms with Crippen LogP contribution in [0.4, 0.5) is 0 Å². The first kappa shape index (κ1) is 17.9. The van der Waals surface area contributed by atoms with Gasteiger partial charge in [-0.05, 0) is 19.9 Å². The highest BCUT2D eigenvalue weighted by molar-refractivity contribution is 5.93. The highest BCUT2D eigenvalue weighted by Gasteiger charge is 2.31. The zero-order chi connectivity index (χ0) is 17.8. The Labute approximate surface area is 148 Å². The quantitative estimate of drug-likeness (QED) is 0.790. The van der Waals surface area contributed by atoms with E-state index in [0.717, 1.165) is 32.8 Å². The van der Waals surface area contributed by atoms with Gasteiger partial charge in [0.15, 0.2) is 0 Å². The Morgan fingerprint density at radius 3 is 2.80 bits per heavy atom. The van der Waals surface area contributed by atoms with Crippen molar-refractivity contribution in [1.82, 2.24) is 24.9 Å². The molecule has 138 valence electrons. The van der Waals surface area contributed by atoms with Crippen molar-refractivity contribution in [2.24, 2.45) is 0 Å². The number of nitrogens with zero attached hydrogens (tertiary/aromatic N) is 4. The van der Waals surface area contributed by atoms with Crippen LogP contribution in [0.3, 0.4) is 0 Å². The molecule has 3 rings (SSSR count). The molecule has 0 radical (unpaired) electrons. The molecule has 2 amide bonds. The third-order valence-corrected chi connectivity index (χ3v) is 4.71. The first-order valence-corrected chi connectivity index (χ1v) is 8.97. The van der Waals surface area contributed by atoms with Crippen LogP contribution in [0, 0.1) is 0 Å². The Balaban J connectivity index is 1.47. The zero-order valence-electron chi connectivity index (χ0n) is 15.0. The summed E-state index contributed by atoms with van der Waals surface area (Å²) in [7, 11) is 0. The van der Waals surface area contributed by atoms with Crippen LogP contribution in [0.25, 0.3) is 0 Å². The van der Waals surface area contributed by atoms with Gasteiger partial charge in [-0.3, -0.25) is 19.2 Å². The lowest BCUT2D eigenvalue weighted by atomic mass is 10.2. The Bertz CT molecular complexity index is 609. The predicted octanol–water partition coefficient (Wildman–Crippen LogP) is 0.127. The van der Waals surface area contributed by atoms with Crippen molar-refractivity contribution >= 4 is 11.8 Å². The second kappa shape index (κ2) is 7.97. The largest absolute Gasteiger partial charge is 0.379 e. The number of likely N-dealkylation sites (tertiary alicyclic amines) is 1. The van der Waals surface area contributed by atoms with E-state index in [-0.39, 0.29) is 23.9 Å². The number of rotatable bonds is 6. The summed E-state index contributed by atoms with van der Waals surface area (Å²) in [6.45, 7) is 9.50. The van der Waals surface area contributed by atoms with E-state index in [1.807, 2.05) is 18.7 Å². The summed E-state index contributed by atoms with van der Waals surface area (Å²) >= 11 is 0. The van der Waals surface area contributed by atoms with E-state index >= 15 is 0 Å². The fraction of sp³-hybridized carbons (Fsp3) is 0.706. The van der Waals surface area contributed by atoms with Gasteiger partial charge in [-0.2, -0.15) is 5.10 Å². The molecule has 0 unspecified atom stereocenters. The van der Waals surface area contributed by atoms with Gasteiger partial charge in [0.1, 0.15) is 5.69 Å². The van der Waals surface area contributed by atoms with Crippen molar-refractivity contribution in [1.29, 1.82) is 0 Å². The van der Waals surface area contributed by atoms with Crippen LogP contribution < -0.4 is 5.32 Å². The smallest absolute Gasteiger partial charge is 0.272 e. The third-order valence-electron chi connectivity index (χ3n) is 4.71. The lowest BCUT2D eigenvalue weighted by molar-refractivity contribution is -0.128. The lowest BCUT2D eigenvalue weighted by Gasteiger charge is -2.28. The van der Waals surface area contributed by atoms with Gasteiger partial charge in [-0.15, -0.1) is 0 Å². The highest BCUT2D eigenvalue weighted by atomic mass is 16.5. The van der Waals surface area contributed by atoms with E-state index in [1.54, 1.807) is 16.9 Å². The number of aromatic nitrogens is 2. The van der Waals surface area contributed by atoms with E-state index in [9.17, 15) is 9.59 Å². The van der Waals surface area contributed by atoms with Crippen LogP contribution in [0.5, 0.6) is 0 Å². The van der Waals surface area contributed by atoms with E-state index in [4.69, 9.17) is 4.74 Å². The number of carbonyl (C=O) groups excluding carboxylic acids is 2. The molecule has 8 nitrogen and oxygen atoms in total. The van der Waals surface area contributed by atoms with Crippen LogP contribution in [0.2, 0.25) is 0 Å². The fourth-order valence-electron chi connectivity index (χ4n) is 3.18. The summed E-state index contributed by atoms with van der Waals surface area (Å²) in [4.78, 5) is 28.6. The Morgan fingerprint density at radius 2 is 2.12 bits per heavy atom. The minimum atomic E-state index is -0.216. The van der Waals surface area contributed by atoms with Crippen LogP contribution >= 0.6 is 0 Å². The number of morpholine rings is 1. The molecule has 0 aliphatic carbocycles. The van der Waals surface area contributed by atoms with Gasteiger partial charge in [-0.1, -0.05) is 0 Å². The number of amides is 2. The number of hydrogen-bond donors (Lipinski definition) is 1. The van der Waals surface area contributed by atoms with Crippen molar-refractivity contribution in [2.45, 2.75) is 32.4 Å². The van der Waals surface area contributed by atoms with Crippen molar-refractivity contribution in [3.63, 3.8) is 0 Å². The summed E-state index contributed by atoms with van der Waals surface area (Å²) in [5.74, 6) is -0.113. The first-order chi connectivity index (χ1) is 12.0. The second-order valence-electron chi connectivity index (χ2n) is 6.94. The first-order valence-electron chi connectivity index (χ1n) is 8.97. The van der Waals surface area contributed by atoms with Gasteiger partial charge in [0.2, 0.25) is 5.91 Å². The lowest BCUT2D eigenvalue weighted by Crippen LogP contribution is -2.42. The SMILES string of the molecule is CC(C)n1ccc(C(=O)N[C@H]2CC(=O)N(CCN3CCOCC3)C2)n1. The molecule has 2 aliphatic heterocycles. The van der Waals surface area contributed by atoms with Crippen molar-refractivity contribution in [3.8, 4) is 0 Å². The molecular formula is C17H27N5O3. The van der Waals surface area contributed by atoms with Crippen molar-refractivity contribution in [3.05, 3.63) is 18.0 Å². The van der Waals surface area contributed by atoms with Gasteiger partial charge in [0, 0.05) is 51.4 Å². The maximum atomic E-state index is 12.3. The Morgan fingerprint density at radius 1 is 1.36 bits per heavy atom. The molecule has 1 atom stereocenters. The standard InChI is InChI=1S/C17H27N5O3/c1-13(2)22-4-3-15(19-22)17(24)18-14-11-16(23)21(12-14)6-5-20-7-9-25-10-8-20/h3-4,13-14H,5-12H2,1-2H3,(H,18,24)/t14-/m0/s1. The number of hydrogen-bond acceptors (Lipinski definition) is 5. The van der Waals surface area contributed by atoms with Gasteiger partial charge in [0.25, 0.3) is 5.91 Å². The molecule has 2 aliphatic rings. The van der Waals surface area contributed by atoms with Crippen molar-refractivity contribution < 1.29 is 14.3 Å². The minimum Gasteiger partial charge on any atom is -0.379 e. The van der Waals surface area contributed by atoms with Crippen LogP contribution in [0.15, 0.2) is 12.3 Å². The Kier molecular flexibility index (Phi) is 5.70. The molecule has 1 N–H and O–H groups in total. The molecule has 2 fully saturated rings. The van der Waals surface area contributed by atoms with Crippen LogP contribution in [-0.4, -0.2) is 83.4 Å². The van der Waals surface area contributed by atoms with Gasteiger partial charge < -0.3 is 15.0 Å². The van der Waals surface area contributed by atoms with E-state index < -0.39 is 0 Å². The molecule has 1 aromatic heterocycles. The minimum absolute atomic E-state index is 0.103. The molecule has 0 bridgehead atoms. The van der Waals surface area contributed by atoms with Gasteiger partial charge in [-0.25, -0.2) is 0 Å². The fourth-order valence-corrected chi connectivity index (χ4v) is 3.18. The predicted molar refractivity (Wildman–Crippen MR) is 92.3 cm³/mol. The van der Waals surface area contributed by atoms with Crippen LogP contribution in [0.1, 0.15) is 36.8 Å². The summed E-state index contributed by atoms with van der Waals surface area (Å²) in [6.07, 6.45) is 2.16. The van der Waals surface area contributed by atoms with E-state index in [2.05, 4.69) is 15.3 Å². The molecule has 0 saturated carbocycles. The topological polar surface area (TPSA) is 79.7 Å². The zero-order valence-corrected chi connectivity index (χ0v) is 15.0. The summed E-state index contributed by atoms with van der Waals surface area (Å²) in [6, 6.07) is 1.78. The molecular weight excluding hydrogens is 322 g/mol. The van der Waals surface area contributed by atoms with Crippen molar-refractivity contribution in [2.75, 3.05) is 45.9 Å². The van der Waals surface area contributed by atoms with E-state index in [1.165, 1.54) is 0 Å². The van der Waals surface area contributed by atoms with E-state index in [0.29, 0.717) is 25.2 Å². The Hall–Kier alpha value is -1.93. The third kappa shape index (κ3) is 4.58. The van der Waals surface area contributed by atoms with Gasteiger partial charge >= 0.3 is 0 Å². The summed E-state index contributed by atoms with van der Waals surface area (Å²) in [5.41, 5.74) is 0.396. The second-order valence-corrected chi connectivity index (χ2v) is 6.94. The summed E-state index contributed by atoms with van der Waals surface area (Å²) in [5, 5.41) is 7.21. The molecule has 0 spiro atoms. The number of carbonyl (C=O) groups is 2. The maximum Gasteiger partial charge on any atom is 0.272 e.